The Morgan fingerprint density at radius 2 is 2.14 bits per heavy atom. The summed E-state index contributed by atoms with van der Waals surface area (Å²) in [6.45, 7) is 3.52. The highest BCUT2D eigenvalue weighted by Crippen LogP contribution is 2.41. The zero-order valence-corrected chi connectivity index (χ0v) is 8.16. The zero-order chi connectivity index (χ0) is 9.54. The van der Waals surface area contributed by atoms with Gasteiger partial charge in [0.2, 0.25) is 5.91 Å². The number of hydrogen-bond donors (Lipinski definition) is 2. The minimum Gasteiger partial charge on any atom is -0.381 e. The second kappa shape index (κ2) is 3.21. The Hall–Kier alpha value is -0.610. The Balaban J connectivity index is 1.50. The number of ether oxygens (including phenoxy) is 1. The summed E-state index contributed by atoms with van der Waals surface area (Å²) in [6.07, 6.45) is 0.895. The highest BCUT2D eigenvalue weighted by molar-refractivity contribution is 5.79. The summed E-state index contributed by atoms with van der Waals surface area (Å²) in [6, 6.07) is 0.462. The highest BCUT2D eigenvalue weighted by Gasteiger charge is 2.53. The van der Waals surface area contributed by atoms with E-state index in [0.717, 1.165) is 26.1 Å². The van der Waals surface area contributed by atoms with E-state index in [1.54, 1.807) is 0 Å². The molecule has 0 radical (unpaired) electrons. The first-order chi connectivity index (χ1) is 6.86. The lowest BCUT2D eigenvalue weighted by atomic mass is 10.1. The van der Waals surface area contributed by atoms with Crippen LogP contribution >= 0.6 is 0 Å². The minimum absolute atomic E-state index is 0.115. The second-order valence-corrected chi connectivity index (χ2v) is 4.58. The van der Waals surface area contributed by atoms with Crippen molar-refractivity contribution >= 4 is 5.91 Å². The first kappa shape index (κ1) is 8.68. The van der Waals surface area contributed by atoms with Crippen LogP contribution in [0, 0.1) is 17.8 Å². The van der Waals surface area contributed by atoms with Gasteiger partial charge in [0.1, 0.15) is 0 Å². The third-order valence-corrected chi connectivity index (χ3v) is 3.70. The molecular formula is C10H16N2O2. The van der Waals surface area contributed by atoms with Crippen LogP contribution in [0.15, 0.2) is 0 Å². The summed E-state index contributed by atoms with van der Waals surface area (Å²) in [5.41, 5.74) is 0. The van der Waals surface area contributed by atoms with E-state index in [4.69, 9.17) is 4.74 Å². The van der Waals surface area contributed by atoms with E-state index < -0.39 is 0 Å². The summed E-state index contributed by atoms with van der Waals surface area (Å²) < 4.78 is 5.20. The van der Waals surface area contributed by atoms with E-state index in [0.29, 0.717) is 24.5 Å². The number of fused-ring (bicyclic) bond motifs is 1. The van der Waals surface area contributed by atoms with Crippen LogP contribution in [0.2, 0.25) is 0 Å². The Morgan fingerprint density at radius 3 is 2.79 bits per heavy atom. The molecule has 0 bridgehead atoms. The molecule has 0 spiro atoms. The van der Waals surface area contributed by atoms with E-state index in [9.17, 15) is 4.79 Å². The maximum absolute atomic E-state index is 11.7. The van der Waals surface area contributed by atoms with Crippen molar-refractivity contribution in [2.75, 3.05) is 26.3 Å². The quantitative estimate of drug-likeness (QED) is 0.617. The monoisotopic (exact) mass is 196 g/mol. The molecule has 2 N–H and O–H groups in total. The van der Waals surface area contributed by atoms with E-state index in [1.807, 2.05) is 0 Å². The van der Waals surface area contributed by atoms with Crippen molar-refractivity contribution < 1.29 is 9.53 Å². The van der Waals surface area contributed by atoms with Gasteiger partial charge in [0, 0.05) is 25.7 Å². The van der Waals surface area contributed by atoms with Crippen molar-refractivity contribution in [1.82, 2.24) is 10.6 Å². The van der Waals surface area contributed by atoms with Crippen molar-refractivity contribution in [3.63, 3.8) is 0 Å². The Kier molecular flexibility index (Phi) is 1.99. The number of nitrogens with one attached hydrogen (secondary N) is 2. The van der Waals surface area contributed by atoms with Crippen molar-refractivity contribution in [3.8, 4) is 0 Å². The van der Waals surface area contributed by atoms with Crippen LogP contribution in [0.5, 0.6) is 0 Å². The molecule has 1 aliphatic carbocycles. The summed E-state index contributed by atoms with van der Waals surface area (Å²) >= 11 is 0. The van der Waals surface area contributed by atoms with E-state index >= 15 is 0 Å². The fourth-order valence-corrected chi connectivity index (χ4v) is 2.66. The number of carbonyl (C=O) groups is 1. The maximum atomic E-state index is 11.7. The fraction of sp³-hybridized carbons (Fsp3) is 0.900. The molecule has 3 rings (SSSR count). The van der Waals surface area contributed by atoms with Gasteiger partial charge in [-0.15, -0.1) is 0 Å². The summed E-state index contributed by atoms with van der Waals surface area (Å²) in [4.78, 5) is 11.7. The molecule has 2 heterocycles. The lowest BCUT2D eigenvalue weighted by molar-refractivity contribution is -0.125. The van der Waals surface area contributed by atoms with Crippen molar-refractivity contribution in [2.45, 2.75) is 12.5 Å². The van der Waals surface area contributed by atoms with Crippen LogP contribution < -0.4 is 10.6 Å². The van der Waals surface area contributed by atoms with Gasteiger partial charge in [-0.25, -0.2) is 0 Å². The molecule has 0 aromatic carbocycles. The number of piperidine rings is 1. The number of carbonyl (C=O) groups excluding carboxylic acids is 1. The highest BCUT2D eigenvalue weighted by atomic mass is 16.5. The molecule has 3 unspecified atom stereocenters. The average molecular weight is 196 g/mol. The van der Waals surface area contributed by atoms with Crippen LogP contribution in [0.1, 0.15) is 6.42 Å². The minimum atomic E-state index is 0.115. The topological polar surface area (TPSA) is 50.4 Å². The van der Waals surface area contributed by atoms with Gasteiger partial charge in [-0.3, -0.25) is 4.79 Å². The van der Waals surface area contributed by atoms with Gasteiger partial charge in [0.25, 0.3) is 0 Å². The molecule has 2 aliphatic heterocycles. The molecule has 3 fully saturated rings. The molecule has 2 saturated heterocycles. The van der Waals surface area contributed by atoms with Crippen LogP contribution in [0.25, 0.3) is 0 Å². The molecule has 3 atom stereocenters. The zero-order valence-electron chi connectivity index (χ0n) is 8.16. The molecule has 78 valence electrons. The predicted octanol–water partition coefficient (Wildman–Crippen LogP) is -0.643. The van der Waals surface area contributed by atoms with E-state index in [-0.39, 0.29) is 11.8 Å². The molecule has 0 aromatic rings. The average Bonchev–Trinajstić information content (AvgIpc) is 2.75. The Labute approximate surface area is 83.4 Å². The van der Waals surface area contributed by atoms with Gasteiger partial charge in [-0.2, -0.15) is 0 Å². The standard InChI is InChI=1S/C10H16N2O2/c13-10(6-1-2-14-5-6)12-9-7-3-11-4-8(7)9/h6-9,11H,1-5H2,(H,12,13). The van der Waals surface area contributed by atoms with E-state index in [1.165, 1.54) is 0 Å². The molecule has 14 heavy (non-hydrogen) atoms. The van der Waals surface area contributed by atoms with Gasteiger partial charge >= 0.3 is 0 Å². The molecule has 1 saturated carbocycles. The van der Waals surface area contributed by atoms with Gasteiger partial charge < -0.3 is 15.4 Å². The summed E-state index contributed by atoms with van der Waals surface area (Å²) in [5, 5.41) is 6.46. The third kappa shape index (κ3) is 1.33. The Bertz CT molecular complexity index is 241. The summed E-state index contributed by atoms with van der Waals surface area (Å²) in [5.74, 6) is 1.74. The van der Waals surface area contributed by atoms with Gasteiger partial charge in [-0.05, 0) is 18.3 Å². The van der Waals surface area contributed by atoms with Crippen LogP contribution in [-0.4, -0.2) is 38.3 Å². The van der Waals surface area contributed by atoms with Gasteiger partial charge in [0.05, 0.1) is 12.5 Å². The number of amides is 1. The molecule has 4 heteroatoms. The molecular weight excluding hydrogens is 180 g/mol. The number of rotatable bonds is 2. The fourth-order valence-electron chi connectivity index (χ4n) is 2.66. The van der Waals surface area contributed by atoms with Gasteiger partial charge in [-0.1, -0.05) is 0 Å². The van der Waals surface area contributed by atoms with Crippen molar-refractivity contribution in [3.05, 3.63) is 0 Å². The smallest absolute Gasteiger partial charge is 0.225 e. The van der Waals surface area contributed by atoms with Crippen LogP contribution in [-0.2, 0) is 9.53 Å². The van der Waals surface area contributed by atoms with E-state index in [2.05, 4.69) is 10.6 Å². The SMILES string of the molecule is O=C(NC1C2CNCC21)C1CCOC1. The van der Waals surface area contributed by atoms with Crippen LogP contribution in [0.4, 0.5) is 0 Å². The molecule has 1 amide bonds. The van der Waals surface area contributed by atoms with Gasteiger partial charge in [0.15, 0.2) is 0 Å². The first-order valence-corrected chi connectivity index (χ1v) is 5.45. The molecule has 0 aromatic heterocycles. The van der Waals surface area contributed by atoms with Crippen molar-refractivity contribution in [2.24, 2.45) is 17.8 Å². The molecule has 3 aliphatic rings. The number of hydrogen-bond acceptors (Lipinski definition) is 3. The molecule has 4 nitrogen and oxygen atoms in total. The van der Waals surface area contributed by atoms with Crippen LogP contribution in [0.3, 0.4) is 0 Å². The largest absolute Gasteiger partial charge is 0.381 e. The van der Waals surface area contributed by atoms with Crippen molar-refractivity contribution in [1.29, 1.82) is 0 Å². The predicted molar refractivity (Wildman–Crippen MR) is 50.7 cm³/mol. The first-order valence-electron chi connectivity index (χ1n) is 5.45. The maximum Gasteiger partial charge on any atom is 0.225 e. The second-order valence-electron chi connectivity index (χ2n) is 4.58. The lowest BCUT2D eigenvalue weighted by Gasteiger charge is -2.10. The summed E-state index contributed by atoms with van der Waals surface area (Å²) in [7, 11) is 0. The normalized spacial score (nSPS) is 44.9. The Morgan fingerprint density at radius 1 is 1.36 bits per heavy atom. The lowest BCUT2D eigenvalue weighted by Crippen LogP contribution is -2.36. The third-order valence-electron chi connectivity index (χ3n) is 3.70.